The minimum atomic E-state index is -0.171. The molecule has 0 unspecified atom stereocenters. The molecule has 2 heterocycles. The van der Waals surface area contributed by atoms with Crippen molar-refractivity contribution in [3.8, 4) is 11.8 Å². The van der Waals surface area contributed by atoms with Crippen molar-refractivity contribution in [3.05, 3.63) is 88.6 Å². The Balaban J connectivity index is 1.71. The largest absolute Gasteiger partial charge is 0.467 e. The zero-order valence-electron chi connectivity index (χ0n) is 19.7. The average molecular weight is 487 g/mol. The number of hydrogen-bond acceptors (Lipinski definition) is 6. The minimum Gasteiger partial charge on any atom is -0.467 e. The number of carbonyl (C=O) groups excluding carboxylic acids is 1. The number of fused-ring (bicyclic) bond motifs is 1. The van der Waals surface area contributed by atoms with Gasteiger partial charge in [0.15, 0.2) is 5.16 Å². The van der Waals surface area contributed by atoms with Crippen molar-refractivity contribution < 1.29 is 9.21 Å². The predicted octanol–water partition coefficient (Wildman–Crippen LogP) is 5.14. The molecule has 0 fully saturated rings. The number of aromatic nitrogens is 2. The third kappa shape index (κ3) is 5.47. The standard InChI is InChI=1S/C27H26N4O3S/c1-19(2)21-10-4-6-13-24(21)31-26(33)22-11-3-5-12-23(22)29-27(31)35-18-25(32)30(15-8-14-28)17-20-9-7-16-34-20/h3-7,9-13,16,19H,8,15,17-18H2,1-2H3. The Labute approximate surface area is 208 Å². The number of para-hydroxylation sites is 2. The van der Waals surface area contributed by atoms with Gasteiger partial charge >= 0.3 is 0 Å². The summed E-state index contributed by atoms with van der Waals surface area (Å²) in [7, 11) is 0. The highest BCUT2D eigenvalue weighted by molar-refractivity contribution is 7.99. The Hall–Kier alpha value is -3.83. The van der Waals surface area contributed by atoms with Crippen LogP contribution < -0.4 is 5.56 Å². The third-order valence-electron chi connectivity index (χ3n) is 5.64. The number of rotatable bonds is 9. The molecule has 0 spiro atoms. The lowest BCUT2D eigenvalue weighted by Crippen LogP contribution is -2.33. The number of furan rings is 1. The van der Waals surface area contributed by atoms with Crippen molar-refractivity contribution in [1.82, 2.24) is 14.5 Å². The molecule has 4 rings (SSSR count). The SMILES string of the molecule is CC(C)c1ccccc1-n1c(SCC(=O)N(CCC#N)Cc2ccco2)nc2ccccc2c1=O. The van der Waals surface area contributed by atoms with E-state index in [2.05, 4.69) is 19.9 Å². The molecule has 1 amide bonds. The van der Waals surface area contributed by atoms with Crippen LogP contribution >= 0.6 is 11.8 Å². The molecule has 2 aromatic heterocycles. The van der Waals surface area contributed by atoms with Gasteiger partial charge in [-0.05, 0) is 41.8 Å². The van der Waals surface area contributed by atoms with Gasteiger partial charge < -0.3 is 9.32 Å². The monoisotopic (exact) mass is 486 g/mol. The number of nitriles is 1. The topological polar surface area (TPSA) is 92.1 Å². The van der Waals surface area contributed by atoms with Crippen LogP contribution in [0.4, 0.5) is 0 Å². The van der Waals surface area contributed by atoms with Gasteiger partial charge in [-0.2, -0.15) is 5.26 Å². The third-order valence-corrected chi connectivity index (χ3v) is 6.57. The number of thioether (sulfide) groups is 1. The highest BCUT2D eigenvalue weighted by Crippen LogP contribution is 2.27. The van der Waals surface area contributed by atoms with Crippen LogP contribution in [0, 0.1) is 11.3 Å². The molecule has 178 valence electrons. The van der Waals surface area contributed by atoms with Crippen LogP contribution in [0.5, 0.6) is 0 Å². The Morgan fingerprint density at radius 2 is 1.91 bits per heavy atom. The van der Waals surface area contributed by atoms with Gasteiger partial charge in [0.2, 0.25) is 5.91 Å². The second-order valence-electron chi connectivity index (χ2n) is 8.36. The summed E-state index contributed by atoms with van der Waals surface area (Å²) in [6.45, 7) is 4.74. The first-order valence-corrected chi connectivity index (χ1v) is 12.4. The fraction of sp³-hybridized carbons (Fsp3) is 0.259. The molecular weight excluding hydrogens is 460 g/mol. The number of hydrogen-bond donors (Lipinski definition) is 0. The van der Waals surface area contributed by atoms with Gasteiger partial charge in [0.25, 0.3) is 5.56 Å². The van der Waals surface area contributed by atoms with E-state index in [4.69, 9.17) is 14.7 Å². The summed E-state index contributed by atoms with van der Waals surface area (Å²) in [5.41, 5.74) is 2.20. The minimum absolute atomic E-state index is 0.0702. The zero-order valence-corrected chi connectivity index (χ0v) is 20.5. The van der Waals surface area contributed by atoms with Gasteiger partial charge in [-0.1, -0.05) is 55.9 Å². The van der Waals surface area contributed by atoms with Gasteiger partial charge in [-0.15, -0.1) is 0 Å². The van der Waals surface area contributed by atoms with Gasteiger partial charge in [0, 0.05) is 6.54 Å². The Morgan fingerprint density at radius 3 is 2.66 bits per heavy atom. The predicted molar refractivity (Wildman–Crippen MR) is 137 cm³/mol. The van der Waals surface area contributed by atoms with Gasteiger partial charge in [0.05, 0.1) is 47.6 Å². The fourth-order valence-corrected chi connectivity index (χ4v) is 4.79. The second kappa shape index (κ2) is 11.1. The van der Waals surface area contributed by atoms with Crippen LogP contribution in [0.2, 0.25) is 0 Å². The van der Waals surface area contributed by atoms with E-state index in [1.165, 1.54) is 11.8 Å². The van der Waals surface area contributed by atoms with Gasteiger partial charge in [0.1, 0.15) is 5.76 Å². The molecule has 0 aliphatic rings. The molecule has 0 atom stereocenters. The molecule has 0 saturated heterocycles. The molecule has 0 aliphatic carbocycles. The van der Waals surface area contributed by atoms with Crippen LogP contribution in [0.25, 0.3) is 16.6 Å². The summed E-state index contributed by atoms with van der Waals surface area (Å²) in [6.07, 6.45) is 1.78. The molecule has 0 aliphatic heterocycles. The first-order valence-electron chi connectivity index (χ1n) is 11.4. The lowest BCUT2D eigenvalue weighted by Gasteiger charge is -2.21. The number of amides is 1. The summed E-state index contributed by atoms with van der Waals surface area (Å²) in [5, 5.41) is 10.0. The van der Waals surface area contributed by atoms with Crippen LogP contribution in [-0.2, 0) is 11.3 Å². The number of nitrogens with zero attached hydrogens (tertiary/aromatic N) is 4. The summed E-state index contributed by atoms with van der Waals surface area (Å²) in [5.74, 6) is 0.750. The molecular formula is C27H26N4O3S. The molecule has 0 saturated carbocycles. The van der Waals surface area contributed by atoms with Gasteiger partial charge in [-0.25, -0.2) is 4.98 Å². The van der Waals surface area contributed by atoms with Crippen molar-refractivity contribution in [2.24, 2.45) is 0 Å². The number of carbonyl (C=O) groups is 1. The summed E-state index contributed by atoms with van der Waals surface area (Å²) in [6, 6.07) is 20.7. The lowest BCUT2D eigenvalue weighted by molar-refractivity contribution is -0.129. The van der Waals surface area contributed by atoms with Crippen LogP contribution in [-0.4, -0.2) is 32.7 Å². The van der Waals surface area contributed by atoms with Crippen molar-refractivity contribution in [3.63, 3.8) is 0 Å². The Kier molecular flexibility index (Phi) is 7.68. The average Bonchev–Trinajstić information content (AvgIpc) is 3.38. The first-order chi connectivity index (χ1) is 17.0. The zero-order chi connectivity index (χ0) is 24.8. The van der Waals surface area contributed by atoms with Crippen molar-refractivity contribution in [2.45, 2.75) is 37.9 Å². The van der Waals surface area contributed by atoms with Crippen molar-refractivity contribution in [1.29, 1.82) is 5.26 Å². The first kappa shape index (κ1) is 24.3. The van der Waals surface area contributed by atoms with E-state index >= 15 is 0 Å². The van der Waals surface area contributed by atoms with Crippen molar-refractivity contribution in [2.75, 3.05) is 12.3 Å². The van der Waals surface area contributed by atoms with E-state index < -0.39 is 0 Å². The maximum absolute atomic E-state index is 13.6. The van der Waals surface area contributed by atoms with E-state index in [0.29, 0.717) is 28.4 Å². The molecule has 2 aromatic carbocycles. The normalized spacial score (nSPS) is 11.0. The second-order valence-corrected chi connectivity index (χ2v) is 9.30. The van der Waals surface area contributed by atoms with Crippen LogP contribution in [0.15, 0.2) is 81.3 Å². The maximum atomic E-state index is 13.6. The maximum Gasteiger partial charge on any atom is 0.266 e. The van der Waals surface area contributed by atoms with E-state index in [9.17, 15) is 9.59 Å². The Morgan fingerprint density at radius 1 is 1.14 bits per heavy atom. The van der Waals surface area contributed by atoms with E-state index in [1.807, 2.05) is 36.4 Å². The molecule has 0 N–H and O–H groups in total. The van der Waals surface area contributed by atoms with Crippen LogP contribution in [0.3, 0.4) is 0 Å². The van der Waals surface area contributed by atoms with E-state index in [-0.39, 0.29) is 36.1 Å². The van der Waals surface area contributed by atoms with E-state index in [1.54, 1.807) is 40.0 Å². The molecule has 4 aromatic rings. The summed E-state index contributed by atoms with van der Waals surface area (Å²) < 4.78 is 7.00. The van der Waals surface area contributed by atoms with E-state index in [0.717, 1.165) is 11.3 Å². The highest BCUT2D eigenvalue weighted by Gasteiger charge is 2.20. The number of benzene rings is 2. The summed E-state index contributed by atoms with van der Waals surface area (Å²) in [4.78, 5) is 33.1. The van der Waals surface area contributed by atoms with Crippen molar-refractivity contribution >= 4 is 28.6 Å². The van der Waals surface area contributed by atoms with Gasteiger partial charge in [-0.3, -0.25) is 14.2 Å². The van der Waals surface area contributed by atoms with Crippen LogP contribution in [0.1, 0.15) is 37.5 Å². The molecule has 0 radical (unpaired) electrons. The molecule has 8 heteroatoms. The quantitative estimate of drug-likeness (QED) is 0.240. The lowest BCUT2D eigenvalue weighted by atomic mass is 10.0. The molecule has 0 bridgehead atoms. The molecule has 35 heavy (non-hydrogen) atoms. The molecule has 7 nitrogen and oxygen atoms in total. The highest BCUT2D eigenvalue weighted by atomic mass is 32.2. The fourth-order valence-electron chi connectivity index (χ4n) is 3.89. The smallest absolute Gasteiger partial charge is 0.266 e. The summed E-state index contributed by atoms with van der Waals surface area (Å²) >= 11 is 1.22. The Bertz CT molecular complexity index is 1420.